The van der Waals surface area contributed by atoms with Crippen LogP contribution in [0.5, 0.6) is 0 Å². The van der Waals surface area contributed by atoms with E-state index in [2.05, 4.69) is 61.6 Å². The van der Waals surface area contributed by atoms with Gasteiger partial charge in [0.15, 0.2) is 0 Å². The van der Waals surface area contributed by atoms with Crippen molar-refractivity contribution in [2.75, 3.05) is 5.32 Å². The molecule has 0 spiro atoms. The van der Waals surface area contributed by atoms with Crippen molar-refractivity contribution in [1.82, 2.24) is 0 Å². The van der Waals surface area contributed by atoms with E-state index in [1.54, 1.807) is 0 Å². The van der Waals surface area contributed by atoms with Gasteiger partial charge in [-0.15, -0.1) is 0 Å². The van der Waals surface area contributed by atoms with Gasteiger partial charge in [-0.25, -0.2) is 0 Å². The molecule has 20 heavy (non-hydrogen) atoms. The Bertz CT molecular complexity index is 580. The summed E-state index contributed by atoms with van der Waals surface area (Å²) in [5.74, 6) is 0. The minimum atomic E-state index is 0.615. The topological polar surface area (TPSA) is 12.0 Å². The van der Waals surface area contributed by atoms with E-state index in [1.165, 1.54) is 53.6 Å². The molecule has 1 unspecified atom stereocenters. The van der Waals surface area contributed by atoms with Crippen LogP contribution in [0.4, 0.5) is 5.69 Å². The Labute approximate surface area is 122 Å². The van der Waals surface area contributed by atoms with Crippen LogP contribution < -0.4 is 5.32 Å². The highest BCUT2D eigenvalue weighted by molar-refractivity contribution is 5.53. The van der Waals surface area contributed by atoms with E-state index >= 15 is 0 Å². The lowest BCUT2D eigenvalue weighted by Gasteiger charge is -2.27. The number of hydrogen-bond acceptors (Lipinski definition) is 1. The van der Waals surface area contributed by atoms with Gasteiger partial charge in [0, 0.05) is 11.7 Å². The van der Waals surface area contributed by atoms with Gasteiger partial charge in [-0.3, -0.25) is 0 Å². The van der Waals surface area contributed by atoms with Crippen LogP contribution in [0.25, 0.3) is 0 Å². The van der Waals surface area contributed by atoms with E-state index in [0.717, 1.165) is 0 Å². The lowest BCUT2D eigenvalue weighted by atomic mass is 9.92. The maximum absolute atomic E-state index is 3.71. The lowest BCUT2D eigenvalue weighted by Crippen LogP contribution is -2.26. The molecule has 0 radical (unpaired) electrons. The Morgan fingerprint density at radius 2 is 1.75 bits per heavy atom. The molecular weight excluding hydrogens is 242 g/mol. The number of para-hydroxylation sites is 1. The Morgan fingerprint density at radius 3 is 2.55 bits per heavy atom. The number of aryl methyl sites for hydroxylation is 3. The normalized spacial score (nSPS) is 17.4. The first kappa shape index (κ1) is 13.2. The van der Waals surface area contributed by atoms with Gasteiger partial charge >= 0.3 is 0 Å². The molecule has 1 heterocycles. The summed E-state index contributed by atoms with van der Waals surface area (Å²) in [6.07, 6.45) is 4.86. The number of hydrogen-bond donors (Lipinski definition) is 1. The van der Waals surface area contributed by atoms with Crippen LogP contribution >= 0.6 is 0 Å². The van der Waals surface area contributed by atoms with Crippen LogP contribution in [0.2, 0.25) is 0 Å². The maximum atomic E-state index is 3.71. The average molecular weight is 265 g/mol. The fourth-order valence-electron chi connectivity index (χ4n) is 3.28. The number of fused-ring (bicyclic) bond motifs is 1. The first-order valence-electron chi connectivity index (χ1n) is 7.63. The van der Waals surface area contributed by atoms with E-state index in [-0.39, 0.29) is 0 Å². The first-order chi connectivity index (χ1) is 9.74. The third-order valence-corrected chi connectivity index (χ3v) is 4.53. The molecule has 0 aliphatic carbocycles. The molecular formula is C19H23N. The Kier molecular flexibility index (Phi) is 3.77. The Balaban J connectivity index is 1.66. The van der Waals surface area contributed by atoms with Crippen molar-refractivity contribution in [3.8, 4) is 0 Å². The highest BCUT2D eigenvalue weighted by Crippen LogP contribution is 2.27. The summed E-state index contributed by atoms with van der Waals surface area (Å²) in [5, 5.41) is 3.71. The molecule has 0 bridgehead atoms. The number of rotatable bonds is 3. The zero-order valence-electron chi connectivity index (χ0n) is 12.4. The summed E-state index contributed by atoms with van der Waals surface area (Å²) in [7, 11) is 0. The predicted molar refractivity (Wildman–Crippen MR) is 86.4 cm³/mol. The minimum Gasteiger partial charge on any atom is -0.382 e. The van der Waals surface area contributed by atoms with Crippen LogP contribution in [-0.4, -0.2) is 6.04 Å². The van der Waals surface area contributed by atoms with Crippen molar-refractivity contribution in [2.24, 2.45) is 0 Å². The van der Waals surface area contributed by atoms with E-state index in [9.17, 15) is 0 Å². The molecule has 2 aromatic rings. The van der Waals surface area contributed by atoms with Crippen molar-refractivity contribution in [3.05, 3.63) is 64.7 Å². The molecule has 0 saturated heterocycles. The molecule has 104 valence electrons. The fraction of sp³-hybridized carbons (Fsp3) is 0.368. The molecule has 1 aliphatic rings. The van der Waals surface area contributed by atoms with Gasteiger partial charge in [0.2, 0.25) is 0 Å². The molecule has 3 rings (SSSR count). The van der Waals surface area contributed by atoms with Gasteiger partial charge in [0.1, 0.15) is 0 Å². The largest absolute Gasteiger partial charge is 0.382 e. The summed E-state index contributed by atoms with van der Waals surface area (Å²) < 4.78 is 0. The van der Waals surface area contributed by atoms with E-state index in [1.807, 2.05) is 0 Å². The van der Waals surface area contributed by atoms with Gasteiger partial charge in [0.25, 0.3) is 0 Å². The fourth-order valence-corrected chi connectivity index (χ4v) is 3.28. The van der Waals surface area contributed by atoms with Gasteiger partial charge in [0.05, 0.1) is 0 Å². The number of anilines is 1. The van der Waals surface area contributed by atoms with E-state index < -0.39 is 0 Å². The van der Waals surface area contributed by atoms with E-state index in [4.69, 9.17) is 0 Å². The number of nitrogens with one attached hydrogen (secondary N) is 1. The maximum Gasteiger partial charge on any atom is 0.0374 e. The average Bonchev–Trinajstić information content (AvgIpc) is 2.46. The summed E-state index contributed by atoms with van der Waals surface area (Å²) >= 11 is 0. The van der Waals surface area contributed by atoms with Crippen LogP contribution in [0.15, 0.2) is 42.5 Å². The molecule has 1 N–H and O–H groups in total. The first-order valence-corrected chi connectivity index (χ1v) is 7.63. The second-order valence-corrected chi connectivity index (χ2v) is 5.95. The molecule has 1 heteroatoms. The van der Waals surface area contributed by atoms with Crippen LogP contribution in [0, 0.1) is 13.8 Å². The molecule has 0 amide bonds. The second kappa shape index (κ2) is 5.70. The Morgan fingerprint density at radius 1 is 1.00 bits per heavy atom. The van der Waals surface area contributed by atoms with Gasteiger partial charge in [-0.05, 0) is 67.9 Å². The highest BCUT2D eigenvalue weighted by atomic mass is 14.9. The molecule has 0 saturated carbocycles. The lowest BCUT2D eigenvalue weighted by molar-refractivity contribution is 0.585. The molecule has 1 aliphatic heterocycles. The summed E-state index contributed by atoms with van der Waals surface area (Å²) in [6.45, 7) is 4.46. The van der Waals surface area contributed by atoms with Crippen molar-refractivity contribution in [2.45, 2.75) is 45.6 Å². The van der Waals surface area contributed by atoms with Gasteiger partial charge < -0.3 is 5.32 Å². The van der Waals surface area contributed by atoms with Crippen LogP contribution in [0.3, 0.4) is 0 Å². The zero-order chi connectivity index (χ0) is 13.9. The van der Waals surface area contributed by atoms with Gasteiger partial charge in [-0.2, -0.15) is 0 Å². The molecule has 0 aromatic heterocycles. The minimum absolute atomic E-state index is 0.615. The summed E-state index contributed by atoms with van der Waals surface area (Å²) in [5.41, 5.74) is 7.21. The standard InChI is InChI=1S/C19H23N/c1-14-6-5-7-15(2)18(14)13-12-17-11-10-16-8-3-4-9-19(16)20-17/h3-9,17,20H,10-13H2,1-2H3. The zero-order valence-corrected chi connectivity index (χ0v) is 12.4. The van der Waals surface area contributed by atoms with Crippen molar-refractivity contribution >= 4 is 5.69 Å². The molecule has 1 nitrogen and oxygen atoms in total. The smallest absolute Gasteiger partial charge is 0.0374 e. The third kappa shape index (κ3) is 2.72. The summed E-state index contributed by atoms with van der Waals surface area (Å²) in [6, 6.07) is 15.9. The molecule has 0 fully saturated rings. The molecule has 2 aromatic carbocycles. The Hall–Kier alpha value is -1.76. The van der Waals surface area contributed by atoms with Crippen LogP contribution in [-0.2, 0) is 12.8 Å². The van der Waals surface area contributed by atoms with Gasteiger partial charge in [-0.1, -0.05) is 36.4 Å². The SMILES string of the molecule is Cc1cccc(C)c1CCC1CCc2ccccc2N1. The van der Waals surface area contributed by atoms with Crippen molar-refractivity contribution < 1.29 is 0 Å². The van der Waals surface area contributed by atoms with Crippen LogP contribution in [0.1, 0.15) is 35.1 Å². The molecule has 1 atom stereocenters. The predicted octanol–water partition coefficient (Wildman–Crippen LogP) is 4.66. The summed E-state index contributed by atoms with van der Waals surface area (Å²) in [4.78, 5) is 0. The second-order valence-electron chi connectivity index (χ2n) is 5.95. The highest BCUT2D eigenvalue weighted by Gasteiger charge is 2.17. The van der Waals surface area contributed by atoms with E-state index in [0.29, 0.717) is 6.04 Å². The number of benzene rings is 2. The monoisotopic (exact) mass is 265 g/mol. The van der Waals surface area contributed by atoms with Crippen molar-refractivity contribution in [3.63, 3.8) is 0 Å². The third-order valence-electron chi connectivity index (χ3n) is 4.53. The van der Waals surface area contributed by atoms with Crippen molar-refractivity contribution in [1.29, 1.82) is 0 Å². The quantitative estimate of drug-likeness (QED) is 0.851.